The minimum absolute atomic E-state index is 0.150. The lowest BCUT2D eigenvalue weighted by molar-refractivity contribution is 0.580. The molecule has 2 aromatic carbocycles. The van der Waals surface area contributed by atoms with E-state index in [4.69, 9.17) is 5.73 Å². The zero-order valence-electron chi connectivity index (χ0n) is 11.4. The summed E-state index contributed by atoms with van der Waals surface area (Å²) in [5.74, 6) is -0.456. The first-order chi connectivity index (χ1) is 9.96. The van der Waals surface area contributed by atoms with Gasteiger partial charge in [-0.25, -0.2) is 17.5 Å². The molecule has 6 heteroatoms. The van der Waals surface area contributed by atoms with Gasteiger partial charge in [0.1, 0.15) is 5.82 Å². The van der Waals surface area contributed by atoms with Crippen LogP contribution in [0.5, 0.6) is 0 Å². The molecule has 0 unspecified atom stereocenters. The van der Waals surface area contributed by atoms with Crippen LogP contribution >= 0.6 is 0 Å². The smallest absolute Gasteiger partial charge is 0.215 e. The molecule has 0 aliphatic heterocycles. The van der Waals surface area contributed by atoms with Crippen LogP contribution in [0.25, 0.3) is 0 Å². The molecule has 0 fully saturated rings. The Morgan fingerprint density at radius 2 is 1.71 bits per heavy atom. The third-order valence-electron chi connectivity index (χ3n) is 3.05. The van der Waals surface area contributed by atoms with Crippen LogP contribution in [0.3, 0.4) is 0 Å². The van der Waals surface area contributed by atoms with Gasteiger partial charge in [0.25, 0.3) is 0 Å². The molecule has 0 saturated heterocycles. The van der Waals surface area contributed by atoms with E-state index >= 15 is 0 Å². The summed E-state index contributed by atoms with van der Waals surface area (Å²) in [6.07, 6.45) is 0.504. The highest BCUT2D eigenvalue weighted by molar-refractivity contribution is 7.88. The second kappa shape index (κ2) is 6.69. The third-order valence-corrected chi connectivity index (χ3v) is 4.38. The summed E-state index contributed by atoms with van der Waals surface area (Å²) in [7, 11) is -3.44. The van der Waals surface area contributed by atoms with Gasteiger partial charge in [-0.2, -0.15) is 0 Å². The fraction of sp³-hybridized carbons (Fsp3) is 0.200. The molecular weight excluding hydrogens is 291 g/mol. The zero-order valence-corrected chi connectivity index (χ0v) is 12.2. The average molecular weight is 308 g/mol. The molecular formula is C15H17FN2O2S. The predicted molar refractivity (Wildman–Crippen MR) is 81.6 cm³/mol. The van der Waals surface area contributed by atoms with Crippen LogP contribution in [0.1, 0.15) is 11.1 Å². The quantitative estimate of drug-likeness (QED) is 0.802. The molecule has 0 bridgehead atoms. The molecule has 2 rings (SSSR count). The lowest BCUT2D eigenvalue weighted by Crippen LogP contribution is -2.27. The summed E-state index contributed by atoms with van der Waals surface area (Å²) < 4.78 is 39.2. The maximum Gasteiger partial charge on any atom is 0.215 e. The molecule has 0 aliphatic rings. The van der Waals surface area contributed by atoms with E-state index in [0.717, 1.165) is 5.56 Å². The Hall–Kier alpha value is -1.92. The van der Waals surface area contributed by atoms with Gasteiger partial charge in [-0.3, -0.25) is 0 Å². The van der Waals surface area contributed by atoms with Crippen molar-refractivity contribution in [3.63, 3.8) is 0 Å². The number of nitrogen functional groups attached to an aromatic ring is 1. The molecule has 0 saturated carbocycles. The van der Waals surface area contributed by atoms with Crippen LogP contribution in [0.15, 0.2) is 48.5 Å². The number of halogens is 1. The molecule has 112 valence electrons. The SMILES string of the molecule is Nc1ccccc1CS(=O)(=O)NCCc1ccc(F)cc1. The van der Waals surface area contributed by atoms with E-state index in [-0.39, 0.29) is 18.1 Å². The Balaban J connectivity index is 1.90. The minimum atomic E-state index is -3.44. The van der Waals surface area contributed by atoms with E-state index < -0.39 is 10.0 Å². The molecule has 2 aromatic rings. The number of hydrogen-bond acceptors (Lipinski definition) is 3. The standard InChI is InChI=1S/C15H17FN2O2S/c16-14-7-5-12(6-8-14)9-10-18-21(19,20)11-13-3-1-2-4-15(13)17/h1-8,18H,9-11,17H2. The average Bonchev–Trinajstić information content (AvgIpc) is 2.43. The van der Waals surface area contributed by atoms with Crippen molar-refractivity contribution in [3.8, 4) is 0 Å². The topological polar surface area (TPSA) is 72.2 Å². The number of para-hydroxylation sites is 1. The number of nitrogens with two attached hydrogens (primary N) is 1. The highest BCUT2D eigenvalue weighted by Crippen LogP contribution is 2.13. The van der Waals surface area contributed by atoms with Crippen molar-refractivity contribution < 1.29 is 12.8 Å². The summed E-state index contributed by atoms with van der Waals surface area (Å²) in [6, 6.07) is 12.9. The summed E-state index contributed by atoms with van der Waals surface area (Å²) in [4.78, 5) is 0. The van der Waals surface area contributed by atoms with Crippen LogP contribution < -0.4 is 10.5 Å². The van der Waals surface area contributed by atoms with Crippen molar-refractivity contribution in [2.75, 3.05) is 12.3 Å². The first-order valence-corrected chi connectivity index (χ1v) is 8.17. The van der Waals surface area contributed by atoms with Gasteiger partial charge in [-0.05, 0) is 35.7 Å². The fourth-order valence-electron chi connectivity index (χ4n) is 1.92. The highest BCUT2D eigenvalue weighted by atomic mass is 32.2. The lowest BCUT2D eigenvalue weighted by atomic mass is 10.1. The van der Waals surface area contributed by atoms with Crippen molar-refractivity contribution in [2.45, 2.75) is 12.2 Å². The Morgan fingerprint density at radius 1 is 1.05 bits per heavy atom. The molecule has 21 heavy (non-hydrogen) atoms. The zero-order chi connectivity index (χ0) is 15.3. The van der Waals surface area contributed by atoms with E-state index in [0.29, 0.717) is 17.7 Å². The van der Waals surface area contributed by atoms with Crippen molar-refractivity contribution in [1.82, 2.24) is 4.72 Å². The molecule has 0 aliphatic carbocycles. The monoisotopic (exact) mass is 308 g/mol. The molecule has 0 radical (unpaired) electrons. The van der Waals surface area contributed by atoms with Crippen LogP contribution in [0.4, 0.5) is 10.1 Å². The second-order valence-corrected chi connectivity index (χ2v) is 6.54. The Labute approximate surface area is 123 Å². The summed E-state index contributed by atoms with van der Waals surface area (Å²) in [5, 5.41) is 0. The van der Waals surface area contributed by atoms with Crippen LogP contribution in [0.2, 0.25) is 0 Å². The van der Waals surface area contributed by atoms with Gasteiger partial charge in [-0.15, -0.1) is 0 Å². The number of anilines is 1. The normalized spacial score (nSPS) is 11.5. The number of rotatable bonds is 6. The third kappa shape index (κ3) is 4.84. The van der Waals surface area contributed by atoms with E-state index in [1.165, 1.54) is 12.1 Å². The van der Waals surface area contributed by atoms with Crippen molar-refractivity contribution in [1.29, 1.82) is 0 Å². The van der Waals surface area contributed by atoms with Gasteiger partial charge < -0.3 is 5.73 Å². The molecule has 0 heterocycles. The van der Waals surface area contributed by atoms with Crippen molar-refractivity contribution >= 4 is 15.7 Å². The first kappa shape index (κ1) is 15.5. The molecule has 0 aromatic heterocycles. The Morgan fingerprint density at radius 3 is 2.38 bits per heavy atom. The van der Waals surface area contributed by atoms with E-state index in [9.17, 15) is 12.8 Å². The maximum absolute atomic E-state index is 12.8. The predicted octanol–water partition coefficient (Wildman–Crippen LogP) is 2.07. The summed E-state index contributed by atoms with van der Waals surface area (Å²) >= 11 is 0. The van der Waals surface area contributed by atoms with Gasteiger partial charge in [0, 0.05) is 12.2 Å². The van der Waals surface area contributed by atoms with Gasteiger partial charge in [0.2, 0.25) is 10.0 Å². The van der Waals surface area contributed by atoms with Gasteiger partial charge in [0.15, 0.2) is 0 Å². The van der Waals surface area contributed by atoms with Gasteiger partial charge >= 0.3 is 0 Å². The fourth-order valence-corrected chi connectivity index (χ4v) is 3.11. The number of nitrogens with one attached hydrogen (secondary N) is 1. The Kier molecular flexibility index (Phi) is 4.93. The molecule has 0 spiro atoms. The lowest BCUT2D eigenvalue weighted by Gasteiger charge is -2.08. The van der Waals surface area contributed by atoms with Crippen molar-refractivity contribution in [3.05, 3.63) is 65.5 Å². The van der Waals surface area contributed by atoms with Crippen LogP contribution in [0, 0.1) is 5.82 Å². The van der Waals surface area contributed by atoms with Crippen molar-refractivity contribution in [2.24, 2.45) is 0 Å². The van der Waals surface area contributed by atoms with Gasteiger partial charge in [0.05, 0.1) is 5.75 Å². The molecule has 0 amide bonds. The summed E-state index contributed by atoms with van der Waals surface area (Å²) in [6.45, 7) is 0.265. The Bertz CT molecular complexity index is 700. The maximum atomic E-state index is 12.8. The minimum Gasteiger partial charge on any atom is -0.398 e. The molecule has 4 nitrogen and oxygen atoms in total. The van der Waals surface area contributed by atoms with E-state index in [1.807, 2.05) is 0 Å². The second-order valence-electron chi connectivity index (χ2n) is 4.73. The molecule has 3 N–H and O–H groups in total. The summed E-state index contributed by atoms with van der Waals surface area (Å²) in [5.41, 5.74) is 7.64. The van der Waals surface area contributed by atoms with E-state index in [2.05, 4.69) is 4.72 Å². The van der Waals surface area contributed by atoms with Gasteiger partial charge in [-0.1, -0.05) is 30.3 Å². The first-order valence-electron chi connectivity index (χ1n) is 6.51. The highest BCUT2D eigenvalue weighted by Gasteiger charge is 2.12. The number of sulfonamides is 1. The number of benzene rings is 2. The number of hydrogen-bond donors (Lipinski definition) is 2. The molecule has 0 atom stereocenters. The van der Waals surface area contributed by atoms with Crippen LogP contribution in [-0.2, 0) is 22.2 Å². The van der Waals surface area contributed by atoms with E-state index in [1.54, 1.807) is 36.4 Å². The van der Waals surface area contributed by atoms with Crippen LogP contribution in [-0.4, -0.2) is 15.0 Å². The largest absolute Gasteiger partial charge is 0.398 e.